The molecule has 1 heterocycles. The smallest absolute Gasteiger partial charge is 0.267 e. The summed E-state index contributed by atoms with van der Waals surface area (Å²) in [5.74, 6) is -1.12. The zero-order valence-corrected chi connectivity index (χ0v) is 10.5. The van der Waals surface area contributed by atoms with Crippen molar-refractivity contribution in [2.24, 2.45) is 5.73 Å². The van der Waals surface area contributed by atoms with Crippen molar-refractivity contribution in [2.75, 3.05) is 0 Å². The maximum Gasteiger partial charge on any atom is 0.267 e. The second kappa shape index (κ2) is 4.29. The Morgan fingerprint density at radius 3 is 2.82 bits per heavy atom. The number of halogens is 2. The molecule has 4 nitrogen and oxygen atoms in total. The minimum absolute atomic E-state index is 0.186. The highest BCUT2D eigenvalue weighted by Gasteiger charge is 2.16. The highest BCUT2D eigenvalue weighted by molar-refractivity contribution is 9.10. The fourth-order valence-corrected chi connectivity index (χ4v) is 1.90. The predicted octanol–water partition coefficient (Wildman–Crippen LogP) is 2.18. The number of amides is 1. The molecular formula is C11H9BrFN3O. The van der Waals surface area contributed by atoms with Gasteiger partial charge in [0.25, 0.3) is 5.91 Å². The number of primary amides is 1. The van der Waals surface area contributed by atoms with E-state index < -0.39 is 11.7 Å². The van der Waals surface area contributed by atoms with E-state index in [-0.39, 0.29) is 11.4 Å². The van der Waals surface area contributed by atoms with Gasteiger partial charge in [0.1, 0.15) is 17.2 Å². The summed E-state index contributed by atoms with van der Waals surface area (Å²) in [5.41, 5.74) is 6.23. The lowest BCUT2D eigenvalue weighted by Gasteiger charge is -2.07. The zero-order chi connectivity index (χ0) is 12.6. The van der Waals surface area contributed by atoms with Crippen LogP contribution in [0.5, 0.6) is 0 Å². The van der Waals surface area contributed by atoms with Gasteiger partial charge < -0.3 is 5.73 Å². The summed E-state index contributed by atoms with van der Waals surface area (Å²) in [6, 6.07) is 4.50. The van der Waals surface area contributed by atoms with E-state index in [1.54, 1.807) is 13.0 Å². The minimum atomic E-state index is -0.637. The van der Waals surface area contributed by atoms with E-state index in [0.717, 1.165) is 0 Å². The van der Waals surface area contributed by atoms with Crippen molar-refractivity contribution >= 4 is 21.8 Å². The maximum absolute atomic E-state index is 13.7. The highest BCUT2D eigenvalue weighted by Crippen LogP contribution is 2.20. The van der Waals surface area contributed by atoms with Crippen LogP contribution in [-0.4, -0.2) is 15.7 Å². The molecule has 17 heavy (non-hydrogen) atoms. The molecule has 0 unspecified atom stereocenters. The standard InChI is InChI=1S/C11H9BrFN3O/c1-6-5-15-16(10(6)11(14)17)9-3-2-7(12)4-8(9)13/h2-5H,1H3,(H2,14,17). The van der Waals surface area contributed by atoms with Crippen LogP contribution in [0.4, 0.5) is 4.39 Å². The Morgan fingerprint density at radius 1 is 1.53 bits per heavy atom. The second-order valence-corrected chi connectivity index (χ2v) is 4.46. The van der Waals surface area contributed by atoms with E-state index >= 15 is 0 Å². The van der Waals surface area contributed by atoms with Crippen LogP contribution in [0, 0.1) is 12.7 Å². The Kier molecular flexibility index (Phi) is 2.97. The Balaban J connectivity index is 2.65. The number of aryl methyl sites for hydroxylation is 1. The van der Waals surface area contributed by atoms with Gasteiger partial charge in [0, 0.05) is 10.0 Å². The van der Waals surface area contributed by atoms with Crippen LogP contribution in [0.15, 0.2) is 28.9 Å². The first-order chi connectivity index (χ1) is 8.00. The van der Waals surface area contributed by atoms with Gasteiger partial charge in [-0.15, -0.1) is 0 Å². The number of nitrogens with zero attached hydrogens (tertiary/aromatic N) is 2. The molecule has 0 saturated heterocycles. The summed E-state index contributed by atoms with van der Waals surface area (Å²) < 4.78 is 15.6. The molecule has 0 aliphatic carbocycles. The lowest BCUT2D eigenvalue weighted by atomic mass is 10.2. The van der Waals surface area contributed by atoms with Crippen molar-refractivity contribution in [2.45, 2.75) is 6.92 Å². The zero-order valence-electron chi connectivity index (χ0n) is 8.95. The van der Waals surface area contributed by atoms with Crippen molar-refractivity contribution in [3.05, 3.63) is 45.9 Å². The Hall–Kier alpha value is -1.69. The van der Waals surface area contributed by atoms with Crippen LogP contribution in [0.25, 0.3) is 5.69 Å². The summed E-state index contributed by atoms with van der Waals surface area (Å²) in [5, 5.41) is 3.96. The number of hydrogen-bond donors (Lipinski definition) is 1. The van der Waals surface area contributed by atoms with Crippen LogP contribution in [0.2, 0.25) is 0 Å². The number of benzene rings is 1. The molecule has 0 radical (unpaired) electrons. The molecule has 0 fully saturated rings. The molecule has 0 bridgehead atoms. The van der Waals surface area contributed by atoms with Crippen molar-refractivity contribution in [3.8, 4) is 5.69 Å². The SMILES string of the molecule is Cc1cnn(-c2ccc(Br)cc2F)c1C(N)=O. The van der Waals surface area contributed by atoms with E-state index in [4.69, 9.17) is 5.73 Å². The third-order valence-electron chi connectivity index (χ3n) is 2.32. The molecule has 0 atom stereocenters. The maximum atomic E-state index is 13.7. The molecule has 2 rings (SSSR count). The molecule has 1 amide bonds. The molecule has 88 valence electrons. The monoisotopic (exact) mass is 297 g/mol. The molecule has 2 N–H and O–H groups in total. The number of carbonyl (C=O) groups is 1. The van der Waals surface area contributed by atoms with Gasteiger partial charge in [0.2, 0.25) is 0 Å². The normalized spacial score (nSPS) is 10.5. The van der Waals surface area contributed by atoms with Crippen molar-refractivity contribution in [3.63, 3.8) is 0 Å². The van der Waals surface area contributed by atoms with E-state index in [9.17, 15) is 9.18 Å². The van der Waals surface area contributed by atoms with Crippen molar-refractivity contribution in [1.29, 1.82) is 0 Å². The molecule has 0 spiro atoms. The molecule has 0 saturated carbocycles. The first kappa shape index (κ1) is 11.8. The number of hydrogen-bond acceptors (Lipinski definition) is 2. The summed E-state index contributed by atoms with van der Waals surface area (Å²) in [6.45, 7) is 1.69. The first-order valence-electron chi connectivity index (χ1n) is 4.80. The quantitative estimate of drug-likeness (QED) is 0.923. The lowest BCUT2D eigenvalue weighted by molar-refractivity contribution is 0.0992. The summed E-state index contributed by atoms with van der Waals surface area (Å²) in [6.07, 6.45) is 1.47. The predicted molar refractivity (Wildman–Crippen MR) is 64.5 cm³/mol. The lowest BCUT2D eigenvalue weighted by Crippen LogP contribution is -2.18. The molecule has 2 aromatic rings. The highest BCUT2D eigenvalue weighted by atomic mass is 79.9. The van der Waals surface area contributed by atoms with Gasteiger partial charge in [-0.25, -0.2) is 9.07 Å². The topological polar surface area (TPSA) is 60.9 Å². The number of aromatic nitrogens is 2. The largest absolute Gasteiger partial charge is 0.364 e. The molecule has 1 aromatic carbocycles. The van der Waals surface area contributed by atoms with E-state index in [1.165, 1.54) is 23.0 Å². The average molecular weight is 298 g/mol. The molecule has 1 aromatic heterocycles. The minimum Gasteiger partial charge on any atom is -0.364 e. The Bertz CT molecular complexity index is 594. The van der Waals surface area contributed by atoms with Crippen LogP contribution in [0.3, 0.4) is 0 Å². The summed E-state index contributed by atoms with van der Waals surface area (Å²) >= 11 is 3.16. The van der Waals surface area contributed by atoms with E-state index in [0.29, 0.717) is 10.0 Å². The van der Waals surface area contributed by atoms with Gasteiger partial charge in [0.15, 0.2) is 0 Å². The molecule has 6 heteroatoms. The molecular weight excluding hydrogens is 289 g/mol. The van der Waals surface area contributed by atoms with Gasteiger partial charge in [-0.3, -0.25) is 4.79 Å². The van der Waals surface area contributed by atoms with Gasteiger partial charge >= 0.3 is 0 Å². The third-order valence-corrected chi connectivity index (χ3v) is 2.82. The number of nitrogens with two attached hydrogens (primary N) is 1. The first-order valence-corrected chi connectivity index (χ1v) is 5.60. The number of carbonyl (C=O) groups excluding carboxylic acids is 1. The molecule has 0 aliphatic rings. The summed E-state index contributed by atoms with van der Waals surface area (Å²) in [4.78, 5) is 11.3. The van der Waals surface area contributed by atoms with Gasteiger partial charge in [0.05, 0.1) is 6.20 Å². The van der Waals surface area contributed by atoms with Crippen LogP contribution in [0.1, 0.15) is 16.1 Å². The van der Waals surface area contributed by atoms with Crippen LogP contribution >= 0.6 is 15.9 Å². The fourth-order valence-electron chi connectivity index (χ4n) is 1.56. The van der Waals surface area contributed by atoms with Crippen LogP contribution in [-0.2, 0) is 0 Å². The third kappa shape index (κ3) is 2.08. The molecule has 0 aliphatic heterocycles. The average Bonchev–Trinajstić information content (AvgIpc) is 2.60. The van der Waals surface area contributed by atoms with Crippen molar-refractivity contribution < 1.29 is 9.18 Å². The van der Waals surface area contributed by atoms with Gasteiger partial charge in [-0.2, -0.15) is 5.10 Å². The fraction of sp³-hybridized carbons (Fsp3) is 0.0909. The van der Waals surface area contributed by atoms with Crippen LogP contribution < -0.4 is 5.73 Å². The van der Waals surface area contributed by atoms with Gasteiger partial charge in [-0.05, 0) is 25.1 Å². The Morgan fingerprint density at radius 2 is 2.24 bits per heavy atom. The van der Waals surface area contributed by atoms with E-state index in [2.05, 4.69) is 21.0 Å². The van der Waals surface area contributed by atoms with Gasteiger partial charge in [-0.1, -0.05) is 15.9 Å². The summed E-state index contributed by atoms with van der Waals surface area (Å²) in [7, 11) is 0. The second-order valence-electron chi connectivity index (χ2n) is 3.55. The van der Waals surface area contributed by atoms with E-state index in [1.807, 2.05) is 0 Å². The van der Waals surface area contributed by atoms with Crippen molar-refractivity contribution in [1.82, 2.24) is 9.78 Å². The Labute approximate surface area is 105 Å². The number of rotatable bonds is 2.